The number of sulfone groups is 1. The molecule has 17 heavy (non-hydrogen) atoms. The molecule has 0 aromatic rings. The molecule has 0 bridgehead atoms. The van der Waals surface area contributed by atoms with Gasteiger partial charge in [-0.15, -0.1) is 0 Å². The van der Waals surface area contributed by atoms with Crippen molar-refractivity contribution < 1.29 is 26.7 Å². The van der Waals surface area contributed by atoms with E-state index < -0.39 is 30.5 Å². The molecule has 0 aliphatic heterocycles. The molecule has 0 aromatic heterocycles. The quantitative estimate of drug-likeness (QED) is 0.574. The maximum atomic E-state index is 11.3. The molecule has 7 nitrogen and oxygen atoms in total. The molecule has 0 saturated carbocycles. The lowest BCUT2D eigenvalue weighted by Gasteiger charge is -2.22. The molecule has 2 N–H and O–H groups in total. The van der Waals surface area contributed by atoms with Crippen LogP contribution in [-0.2, 0) is 24.6 Å². The SMILES string of the molecule is COCCC(C)(O)CNS(=O)(=O)CS(C)(=O)=O. The Labute approximate surface area is 102 Å². The van der Waals surface area contributed by atoms with Crippen LogP contribution in [0.15, 0.2) is 0 Å². The zero-order chi connectivity index (χ0) is 13.7. The van der Waals surface area contributed by atoms with Crippen LogP contribution in [0.1, 0.15) is 13.3 Å². The maximum Gasteiger partial charge on any atom is 0.226 e. The highest BCUT2D eigenvalue weighted by Crippen LogP contribution is 2.08. The van der Waals surface area contributed by atoms with Crippen LogP contribution in [0.4, 0.5) is 0 Å². The number of hydrogen-bond acceptors (Lipinski definition) is 6. The first-order chi connectivity index (χ1) is 7.47. The third-order valence-corrected chi connectivity index (χ3v) is 5.42. The zero-order valence-electron chi connectivity index (χ0n) is 10.1. The van der Waals surface area contributed by atoms with Crippen molar-refractivity contribution in [3.05, 3.63) is 0 Å². The summed E-state index contributed by atoms with van der Waals surface area (Å²) in [5, 5.41) is 8.77. The molecule has 0 fully saturated rings. The Bertz CT molecular complexity index is 425. The van der Waals surface area contributed by atoms with Crippen molar-refractivity contribution in [1.82, 2.24) is 4.72 Å². The Morgan fingerprint density at radius 1 is 1.29 bits per heavy atom. The summed E-state index contributed by atoms with van der Waals surface area (Å²) in [4.78, 5) is 0. The first-order valence-corrected chi connectivity index (χ1v) is 8.55. The second kappa shape index (κ2) is 6.10. The van der Waals surface area contributed by atoms with E-state index in [1.54, 1.807) is 0 Å². The number of nitrogens with one attached hydrogen (secondary N) is 1. The standard InChI is InChI=1S/C8H19NO6S2/c1-8(10,4-5-15-2)6-9-17(13,14)7-16(3,11)12/h9-10H,4-7H2,1-3H3. The highest BCUT2D eigenvalue weighted by molar-refractivity contribution is 8.06. The largest absolute Gasteiger partial charge is 0.389 e. The van der Waals surface area contributed by atoms with Gasteiger partial charge in [0.05, 0.1) is 5.60 Å². The smallest absolute Gasteiger partial charge is 0.226 e. The van der Waals surface area contributed by atoms with Crippen molar-refractivity contribution in [2.45, 2.75) is 18.9 Å². The highest BCUT2D eigenvalue weighted by Gasteiger charge is 2.25. The summed E-state index contributed by atoms with van der Waals surface area (Å²) < 4.78 is 51.2. The van der Waals surface area contributed by atoms with E-state index in [1.165, 1.54) is 14.0 Å². The van der Waals surface area contributed by atoms with Crippen molar-refractivity contribution in [1.29, 1.82) is 0 Å². The topological polar surface area (TPSA) is 110 Å². The van der Waals surface area contributed by atoms with Crippen LogP contribution in [0, 0.1) is 0 Å². The lowest BCUT2D eigenvalue weighted by atomic mass is 10.0. The fraction of sp³-hybridized carbons (Fsp3) is 1.00. The summed E-state index contributed by atoms with van der Waals surface area (Å²) in [6.07, 6.45) is 1.07. The summed E-state index contributed by atoms with van der Waals surface area (Å²) in [7, 11) is -6.10. The second-order valence-corrected chi connectivity index (χ2v) is 8.53. The van der Waals surface area contributed by atoms with E-state index in [1.807, 2.05) is 0 Å². The van der Waals surface area contributed by atoms with Gasteiger partial charge in [-0.25, -0.2) is 21.6 Å². The molecule has 9 heteroatoms. The van der Waals surface area contributed by atoms with Gasteiger partial charge in [0.15, 0.2) is 14.9 Å². The van der Waals surface area contributed by atoms with Crippen LogP contribution in [0.2, 0.25) is 0 Å². The Morgan fingerprint density at radius 3 is 2.24 bits per heavy atom. The van der Waals surface area contributed by atoms with Gasteiger partial charge in [0.2, 0.25) is 10.0 Å². The van der Waals surface area contributed by atoms with E-state index in [9.17, 15) is 21.9 Å². The van der Waals surface area contributed by atoms with Crippen LogP contribution in [0.25, 0.3) is 0 Å². The van der Waals surface area contributed by atoms with Gasteiger partial charge < -0.3 is 9.84 Å². The van der Waals surface area contributed by atoms with Gasteiger partial charge in [-0.3, -0.25) is 0 Å². The van der Waals surface area contributed by atoms with Gasteiger partial charge in [-0.1, -0.05) is 0 Å². The molecule has 0 spiro atoms. The monoisotopic (exact) mass is 289 g/mol. The first kappa shape index (κ1) is 16.8. The summed E-state index contributed by atoms with van der Waals surface area (Å²) in [5.74, 6) is 0. The lowest BCUT2D eigenvalue weighted by molar-refractivity contribution is 0.0292. The number of sulfonamides is 1. The predicted molar refractivity (Wildman–Crippen MR) is 63.8 cm³/mol. The molecule has 0 heterocycles. The third-order valence-electron chi connectivity index (χ3n) is 1.89. The summed E-state index contributed by atoms with van der Waals surface area (Å²) in [6, 6.07) is 0. The van der Waals surface area contributed by atoms with Crippen LogP contribution >= 0.6 is 0 Å². The van der Waals surface area contributed by atoms with Crippen LogP contribution in [-0.4, -0.2) is 59.1 Å². The molecule has 1 atom stereocenters. The van der Waals surface area contributed by atoms with E-state index in [0.717, 1.165) is 6.26 Å². The summed E-state index contributed by atoms with van der Waals surface area (Å²) >= 11 is 0. The van der Waals surface area contributed by atoms with Crippen LogP contribution < -0.4 is 4.72 Å². The lowest BCUT2D eigenvalue weighted by Crippen LogP contribution is -2.42. The van der Waals surface area contributed by atoms with E-state index in [-0.39, 0.29) is 19.6 Å². The fourth-order valence-corrected chi connectivity index (χ4v) is 4.12. The molecule has 104 valence electrons. The Morgan fingerprint density at radius 2 is 1.82 bits per heavy atom. The van der Waals surface area contributed by atoms with Crippen molar-refractivity contribution >= 4 is 19.9 Å². The molecule has 1 unspecified atom stereocenters. The summed E-state index contributed by atoms with van der Waals surface area (Å²) in [6.45, 7) is 1.46. The van der Waals surface area contributed by atoms with Crippen molar-refractivity contribution in [2.75, 3.05) is 31.6 Å². The molecule has 0 aromatic carbocycles. The average Bonchev–Trinajstić information content (AvgIpc) is 2.08. The normalized spacial score (nSPS) is 16.7. The predicted octanol–water partition coefficient (Wildman–Crippen LogP) is -1.30. The van der Waals surface area contributed by atoms with Crippen molar-refractivity contribution in [3.63, 3.8) is 0 Å². The molecular formula is C8H19NO6S2. The van der Waals surface area contributed by atoms with Crippen molar-refractivity contribution in [3.8, 4) is 0 Å². The zero-order valence-corrected chi connectivity index (χ0v) is 11.8. The number of hydrogen-bond donors (Lipinski definition) is 2. The van der Waals surface area contributed by atoms with Crippen LogP contribution in [0.5, 0.6) is 0 Å². The number of ether oxygens (including phenoxy) is 1. The van der Waals surface area contributed by atoms with E-state index >= 15 is 0 Å². The van der Waals surface area contributed by atoms with Crippen molar-refractivity contribution in [2.24, 2.45) is 0 Å². The Hall–Kier alpha value is -0.220. The minimum absolute atomic E-state index is 0.241. The minimum atomic E-state index is -3.94. The maximum absolute atomic E-state index is 11.3. The number of rotatable bonds is 8. The van der Waals surface area contributed by atoms with Gasteiger partial charge in [-0.05, 0) is 6.92 Å². The van der Waals surface area contributed by atoms with Gasteiger partial charge in [0, 0.05) is 32.9 Å². The molecule has 0 aliphatic carbocycles. The van der Waals surface area contributed by atoms with Crippen LogP contribution in [0.3, 0.4) is 0 Å². The van der Waals surface area contributed by atoms with Gasteiger partial charge in [0.1, 0.15) is 0 Å². The summed E-state index contributed by atoms with van der Waals surface area (Å²) in [5.41, 5.74) is -1.28. The van der Waals surface area contributed by atoms with E-state index in [0.29, 0.717) is 0 Å². The highest BCUT2D eigenvalue weighted by atomic mass is 32.3. The Kier molecular flexibility index (Phi) is 6.02. The molecule has 0 amide bonds. The number of methoxy groups -OCH3 is 1. The van der Waals surface area contributed by atoms with E-state index in [4.69, 9.17) is 4.74 Å². The first-order valence-electron chi connectivity index (χ1n) is 4.84. The molecule has 0 aliphatic rings. The Balaban J connectivity index is 4.36. The van der Waals surface area contributed by atoms with Gasteiger partial charge in [0.25, 0.3) is 0 Å². The fourth-order valence-electron chi connectivity index (χ4n) is 0.999. The minimum Gasteiger partial charge on any atom is -0.389 e. The second-order valence-electron chi connectivity index (χ2n) is 4.22. The third kappa shape index (κ3) is 9.48. The molecular weight excluding hydrogens is 270 g/mol. The molecule has 0 rings (SSSR count). The molecule has 0 saturated heterocycles. The van der Waals surface area contributed by atoms with E-state index in [2.05, 4.69) is 4.72 Å². The average molecular weight is 289 g/mol. The van der Waals surface area contributed by atoms with Gasteiger partial charge >= 0.3 is 0 Å². The number of aliphatic hydroxyl groups is 1. The van der Waals surface area contributed by atoms with Gasteiger partial charge in [-0.2, -0.15) is 0 Å². The molecule has 0 radical (unpaired) electrons.